The maximum atomic E-state index is 12.9. The van der Waals surface area contributed by atoms with Crippen molar-refractivity contribution in [1.82, 2.24) is 10.2 Å². The number of nitrogens with zero attached hydrogens (tertiary/aromatic N) is 1. The number of carboxylic acids is 1. The third-order valence-corrected chi connectivity index (χ3v) is 7.89. The van der Waals surface area contributed by atoms with Crippen LogP contribution >= 0.6 is 0 Å². The average Bonchev–Trinajstić information content (AvgIpc) is 3.30. The number of ether oxygens (including phenoxy) is 1. The number of carboxylic acid groups (broad SMARTS) is 1. The Morgan fingerprint density at radius 1 is 1.03 bits per heavy atom. The van der Waals surface area contributed by atoms with E-state index < -0.39 is 23.0 Å². The molecule has 1 unspecified atom stereocenters. The third kappa shape index (κ3) is 3.93. The molecular formula is C27H30N2O5. The van der Waals surface area contributed by atoms with Gasteiger partial charge in [-0.3, -0.25) is 9.59 Å². The van der Waals surface area contributed by atoms with E-state index in [1.165, 1.54) is 11.1 Å². The van der Waals surface area contributed by atoms with Crippen LogP contribution in [0.5, 0.6) is 0 Å². The number of benzene rings is 2. The second-order valence-electron chi connectivity index (χ2n) is 9.91. The second kappa shape index (κ2) is 8.46. The van der Waals surface area contributed by atoms with Crippen LogP contribution in [0.3, 0.4) is 0 Å². The SMILES string of the molecule is CCC1(C(=O)O)CCN(C(=O)CC2(NC(=O)OCC3c4ccccc4-c4ccccc43)CC2)C1. The summed E-state index contributed by atoms with van der Waals surface area (Å²) >= 11 is 0. The Morgan fingerprint density at radius 3 is 2.18 bits per heavy atom. The fourth-order valence-corrected chi connectivity index (χ4v) is 5.45. The van der Waals surface area contributed by atoms with E-state index >= 15 is 0 Å². The topological polar surface area (TPSA) is 95.9 Å². The van der Waals surface area contributed by atoms with Crippen LogP contribution in [0.25, 0.3) is 11.1 Å². The highest BCUT2D eigenvalue weighted by atomic mass is 16.5. The molecule has 2 aromatic rings. The molecule has 0 aromatic heterocycles. The number of hydrogen-bond donors (Lipinski definition) is 2. The lowest BCUT2D eigenvalue weighted by Crippen LogP contribution is -2.43. The minimum Gasteiger partial charge on any atom is -0.481 e. The van der Waals surface area contributed by atoms with Gasteiger partial charge in [0.15, 0.2) is 0 Å². The number of likely N-dealkylation sites (tertiary alicyclic amines) is 1. The average molecular weight is 463 g/mol. The van der Waals surface area contributed by atoms with Gasteiger partial charge in [-0.2, -0.15) is 0 Å². The molecule has 0 bridgehead atoms. The van der Waals surface area contributed by atoms with Crippen LogP contribution in [0, 0.1) is 5.41 Å². The highest BCUT2D eigenvalue weighted by Gasteiger charge is 2.50. The van der Waals surface area contributed by atoms with Crippen LogP contribution in [0.4, 0.5) is 4.79 Å². The summed E-state index contributed by atoms with van der Waals surface area (Å²) in [6, 6.07) is 16.4. The summed E-state index contributed by atoms with van der Waals surface area (Å²) in [6.07, 6.45) is 2.06. The van der Waals surface area contributed by atoms with Gasteiger partial charge in [0, 0.05) is 19.0 Å². The van der Waals surface area contributed by atoms with E-state index in [9.17, 15) is 19.5 Å². The molecule has 1 aliphatic heterocycles. The zero-order valence-electron chi connectivity index (χ0n) is 19.4. The highest BCUT2D eigenvalue weighted by molar-refractivity contribution is 5.83. The Morgan fingerprint density at radius 2 is 1.65 bits per heavy atom. The van der Waals surface area contributed by atoms with E-state index in [-0.39, 0.29) is 31.4 Å². The van der Waals surface area contributed by atoms with Gasteiger partial charge in [-0.05, 0) is 47.9 Å². The molecule has 7 heteroatoms. The maximum Gasteiger partial charge on any atom is 0.407 e. The molecule has 0 spiro atoms. The van der Waals surface area contributed by atoms with Crippen LogP contribution in [0.1, 0.15) is 56.1 Å². The van der Waals surface area contributed by atoms with Crippen LogP contribution in [0.2, 0.25) is 0 Å². The van der Waals surface area contributed by atoms with Crippen LogP contribution < -0.4 is 5.32 Å². The monoisotopic (exact) mass is 462 g/mol. The van der Waals surface area contributed by atoms with Crippen molar-refractivity contribution in [1.29, 1.82) is 0 Å². The van der Waals surface area contributed by atoms with Gasteiger partial charge in [0.05, 0.1) is 17.4 Å². The summed E-state index contributed by atoms with van der Waals surface area (Å²) in [5.74, 6) is -0.964. The zero-order chi connectivity index (χ0) is 23.9. The molecule has 178 valence electrons. The number of hydrogen-bond acceptors (Lipinski definition) is 4. The summed E-state index contributed by atoms with van der Waals surface area (Å²) in [5.41, 5.74) is 3.21. The Kier molecular flexibility index (Phi) is 5.58. The van der Waals surface area contributed by atoms with E-state index in [0.717, 1.165) is 11.1 Å². The Balaban J connectivity index is 1.18. The molecule has 1 saturated heterocycles. The largest absolute Gasteiger partial charge is 0.481 e. The Hall–Kier alpha value is -3.35. The first-order valence-corrected chi connectivity index (χ1v) is 12.0. The second-order valence-corrected chi connectivity index (χ2v) is 9.91. The summed E-state index contributed by atoms with van der Waals surface area (Å²) in [7, 11) is 0. The Labute approximate surface area is 199 Å². The smallest absolute Gasteiger partial charge is 0.407 e. The number of nitrogens with one attached hydrogen (secondary N) is 1. The number of carbonyl (C=O) groups is 3. The number of carbonyl (C=O) groups excluding carboxylic acids is 2. The first kappa shape index (κ1) is 22.4. The minimum absolute atomic E-state index is 0.0160. The predicted molar refractivity (Wildman–Crippen MR) is 126 cm³/mol. The summed E-state index contributed by atoms with van der Waals surface area (Å²) in [6.45, 7) is 2.76. The van der Waals surface area contributed by atoms with Crippen molar-refractivity contribution in [2.75, 3.05) is 19.7 Å². The van der Waals surface area contributed by atoms with E-state index in [0.29, 0.717) is 32.2 Å². The molecule has 7 nitrogen and oxygen atoms in total. The number of alkyl carbamates (subject to hydrolysis) is 1. The molecule has 2 N–H and O–H groups in total. The van der Waals surface area contributed by atoms with Crippen molar-refractivity contribution in [3.8, 4) is 11.1 Å². The summed E-state index contributed by atoms with van der Waals surface area (Å²) in [4.78, 5) is 38.9. The summed E-state index contributed by atoms with van der Waals surface area (Å²) in [5, 5.41) is 12.5. The first-order valence-electron chi connectivity index (χ1n) is 12.0. The maximum absolute atomic E-state index is 12.9. The molecule has 5 rings (SSSR count). The lowest BCUT2D eigenvalue weighted by atomic mass is 9.84. The van der Waals surface area contributed by atoms with E-state index in [1.807, 2.05) is 31.2 Å². The number of aliphatic carboxylic acids is 1. The lowest BCUT2D eigenvalue weighted by molar-refractivity contribution is -0.148. The fraction of sp³-hybridized carbons (Fsp3) is 0.444. The Bertz CT molecular complexity index is 1100. The predicted octanol–water partition coefficient (Wildman–Crippen LogP) is 4.16. The van der Waals surface area contributed by atoms with Gasteiger partial charge < -0.3 is 20.1 Å². The number of amides is 2. The van der Waals surface area contributed by atoms with Gasteiger partial charge in [0.1, 0.15) is 6.61 Å². The molecular weight excluding hydrogens is 432 g/mol. The zero-order valence-corrected chi connectivity index (χ0v) is 19.4. The van der Waals surface area contributed by atoms with E-state index in [1.54, 1.807) is 4.90 Å². The van der Waals surface area contributed by atoms with Gasteiger partial charge in [-0.25, -0.2) is 4.79 Å². The molecule has 3 aliphatic rings. The molecule has 2 aliphatic carbocycles. The quantitative estimate of drug-likeness (QED) is 0.644. The van der Waals surface area contributed by atoms with Crippen molar-refractivity contribution < 1.29 is 24.2 Å². The van der Waals surface area contributed by atoms with Crippen LogP contribution in [0.15, 0.2) is 48.5 Å². The van der Waals surface area contributed by atoms with Crippen molar-refractivity contribution in [2.45, 2.75) is 50.5 Å². The van der Waals surface area contributed by atoms with Crippen molar-refractivity contribution in [3.05, 3.63) is 59.7 Å². The lowest BCUT2D eigenvalue weighted by Gasteiger charge is -2.25. The van der Waals surface area contributed by atoms with Gasteiger partial charge in [0.25, 0.3) is 0 Å². The van der Waals surface area contributed by atoms with Gasteiger partial charge in [-0.1, -0.05) is 55.5 Å². The third-order valence-electron chi connectivity index (χ3n) is 7.89. The first-order chi connectivity index (χ1) is 16.4. The number of fused-ring (bicyclic) bond motifs is 3. The van der Waals surface area contributed by atoms with Crippen molar-refractivity contribution in [2.24, 2.45) is 5.41 Å². The molecule has 2 fully saturated rings. The summed E-state index contributed by atoms with van der Waals surface area (Å²) < 4.78 is 5.65. The van der Waals surface area contributed by atoms with Crippen LogP contribution in [-0.2, 0) is 14.3 Å². The van der Waals surface area contributed by atoms with Gasteiger partial charge in [0.2, 0.25) is 5.91 Å². The van der Waals surface area contributed by atoms with Gasteiger partial charge in [-0.15, -0.1) is 0 Å². The van der Waals surface area contributed by atoms with E-state index in [2.05, 4.69) is 29.6 Å². The molecule has 34 heavy (non-hydrogen) atoms. The normalized spacial score (nSPS) is 22.1. The van der Waals surface area contributed by atoms with E-state index in [4.69, 9.17) is 4.74 Å². The molecule has 1 heterocycles. The molecule has 2 amide bonds. The van der Waals surface area contributed by atoms with Crippen molar-refractivity contribution >= 4 is 18.0 Å². The van der Waals surface area contributed by atoms with Gasteiger partial charge >= 0.3 is 12.1 Å². The highest BCUT2D eigenvalue weighted by Crippen LogP contribution is 2.45. The molecule has 1 atom stereocenters. The fourth-order valence-electron chi connectivity index (χ4n) is 5.45. The van der Waals surface area contributed by atoms with Crippen molar-refractivity contribution in [3.63, 3.8) is 0 Å². The minimum atomic E-state index is -0.855. The standard InChI is InChI=1S/C27H30N2O5/c1-2-26(24(31)32)13-14-29(17-26)23(30)15-27(11-12-27)28-25(33)34-16-22-20-9-5-3-7-18(20)19-8-4-6-10-21(19)22/h3-10,22H,2,11-17H2,1H3,(H,28,33)(H,31,32). The molecule has 1 saturated carbocycles. The number of rotatable bonds is 7. The molecule has 2 aromatic carbocycles. The molecule has 0 radical (unpaired) electrons. The van der Waals surface area contributed by atoms with Crippen LogP contribution in [-0.4, -0.2) is 53.2 Å².